The zero-order valence-electron chi connectivity index (χ0n) is 18.0. The van der Waals surface area contributed by atoms with Crippen LogP contribution in [0.1, 0.15) is 48.7 Å². The van der Waals surface area contributed by atoms with Crippen molar-refractivity contribution in [1.29, 1.82) is 5.26 Å². The van der Waals surface area contributed by atoms with Gasteiger partial charge in [-0.1, -0.05) is 61.9 Å². The molecule has 0 fully saturated rings. The van der Waals surface area contributed by atoms with Crippen LogP contribution in [-0.2, 0) is 19.6 Å². The Morgan fingerprint density at radius 2 is 1.66 bits per heavy atom. The molecule has 3 aromatic rings. The maximum absolute atomic E-state index is 9.50. The Bertz CT molecular complexity index is 960. The van der Waals surface area contributed by atoms with Gasteiger partial charge in [-0.3, -0.25) is 0 Å². The van der Waals surface area contributed by atoms with Gasteiger partial charge in [0.05, 0.1) is 23.4 Å². The quantitative estimate of drug-likeness (QED) is 0.614. The van der Waals surface area contributed by atoms with Crippen LogP contribution in [0.15, 0.2) is 66.9 Å². The highest BCUT2D eigenvalue weighted by molar-refractivity contribution is 5.36. The van der Waals surface area contributed by atoms with Gasteiger partial charge in [-0.25, -0.2) is 0 Å². The van der Waals surface area contributed by atoms with E-state index in [1.807, 2.05) is 18.2 Å². The number of aromatic nitrogens is 1. The first-order valence-electron chi connectivity index (χ1n) is 10.5. The number of quaternary nitrogens is 1. The van der Waals surface area contributed by atoms with Crippen molar-refractivity contribution in [3.63, 3.8) is 0 Å². The third-order valence-corrected chi connectivity index (χ3v) is 6.00. The maximum atomic E-state index is 9.50. The van der Waals surface area contributed by atoms with E-state index in [-0.39, 0.29) is 0 Å². The van der Waals surface area contributed by atoms with E-state index in [0.29, 0.717) is 12.0 Å². The van der Waals surface area contributed by atoms with Crippen molar-refractivity contribution >= 4 is 0 Å². The van der Waals surface area contributed by atoms with Crippen LogP contribution in [0.5, 0.6) is 0 Å². The van der Waals surface area contributed by atoms with E-state index in [9.17, 15) is 5.26 Å². The van der Waals surface area contributed by atoms with Crippen LogP contribution < -0.4 is 4.90 Å². The first-order chi connectivity index (χ1) is 14.0. The summed E-state index contributed by atoms with van der Waals surface area (Å²) in [4.78, 5) is 1.49. The van der Waals surface area contributed by atoms with Crippen LogP contribution in [0.3, 0.4) is 0 Å². The van der Waals surface area contributed by atoms with Crippen molar-refractivity contribution in [2.24, 2.45) is 5.92 Å². The minimum atomic E-state index is 0.490. The Labute approximate surface area is 175 Å². The van der Waals surface area contributed by atoms with E-state index in [1.165, 1.54) is 21.7 Å². The lowest BCUT2D eigenvalue weighted by molar-refractivity contribution is -0.954. The van der Waals surface area contributed by atoms with Gasteiger partial charge in [0.2, 0.25) is 0 Å². The van der Waals surface area contributed by atoms with Crippen molar-refractivity contribution in [3.05, 3.63) is 94.8 Å². The second kappa shape index (κ2) is 9.58. The SMILES string of the molecule is Cc1ccc(Cn2cccc2C[NH+](Cc2ccccc2C#N)[C@@H](C)C(C)C)cc1. The second-order valence-electron chi connectivity index (χ2n) is 8.43. The summed E-state index contributed by atoms with van der Waals surface area (Å²) in [5.74, 6) is 0.569. The Kier molecular flexibility index (Phi) is 6.90. The molecular formula is C26H32N3+. The molecule has 0 radical (unpaired) electrons. The fraction of sp³-hybridized carbons (Fsp3) is 0.346. The van der Waals surface area contributed by atoms with E-state index in [4.69, 9.17) is 0 Å². The molecule has 3 rings (SSSR count). The zero-order chi connectivity index (χ0) is 20.8. The van der Waals surface area contributed by atoms with Crippen LogP contribution in [0, 0.1) is 24.2 Å². The average molecular weight is 387 g/mol. The van der Waals surface area contributed by atoms with Crippen LogP contribution in [0.2, 0.25) is 0 Å². The fourth-order valence-electron chi connectivity index (χ4n) is 3.77. The Morgan fingerprint density at radius 1 is 0.931 bits per heavy atom. The topological polar surface area (TPSA) is 33.2 Å². The summed E-state index contributed by atoms with van der Waals surface area (Å²) in [6, 6.07) is 24.0. The number of rotatable bonds is 8. The molecule has 2 atom stereocenters. The highest BCUT2D eigenvalue weighted by Crippen LogP contribution is 2.11. The fourth-order valence-corrected chi connectivity index (χ4v) is 3.77. The average Bonchev–Trinajstić information content (AvgIpc) is 3.15. The summed E-state index contributed by atoms with van der Waals surface area (Å²) in [6.07, 6.45) is 2.18. The molecule has 0 saturated heterocycles. The largest absolute Gasteiger partial charge is 0.342 e. The number of nitrogens with zero attached hydrogens (tertiary/aromatic N) is 2. The van der Waals surface area contributed by atoms with Gasteiger partial charge in [0.15, 0.2) is 0 Å². The minimum Gasteiger partial charge on any atom is -0.342 e. The Morgan fingerprint density at radius 3 is 2.34 bits per heavy atom. The van der Waals surface area contributed by atoms with Crippen molar-refractivity contribution in [2.75, 3.05) is 0 Å². The zero-order valence-corrected chi connectivity index (χ0v) is 18.0. The van der Waals surface area contributed by atoms with E-state index in [0.717, 1.165) is 30.8 Å². The molecule has 0 aliphatic carbocycles. The van der Waals surface area contributed by atoms with Gasteiger partial charge < -0.3 is 9.47 Å². The molecule has 0 spiro atoms. The van der Waals surface area contributed by atoms with Gasteiger partial charge in [0.25, 0.3) is 0 Å². The molecule has 29 heavy (non-hydrogen) atoms. The summed E-state index contributed by atoms with van der Waals surface area (Å²) in [5.41, 5.74) is 5.87. The predicted molar refractivity (Wildman–Crippen MR) is 119 cm³/mol. The molecule has 150 valence electrons. The van der Waals surface area contributed by atoms with E-state index in [2.05, 4.69) is 87.0 Å². The minimum absolute atomic E-state index is 0.490. The standard InChI is InChI=1S/C26H31N3/c1-20(2)22(4)29(18-25-9-6-5-8-24(25)16-27)19-26-10-7-15-28(26)17-23-13-11-21(3)12-14-23/h5-15,20,22H,17-19H2,1-4H3/p+1/t22-/m0/s1. The van der Waals surface area contributed by atoms with Crippen LogP contribution in [0.25, 0.3) is 0 Å². The number of nitriles is 1. The van der Waals surface area contributed by atoms with E-state index in [1.54, 1.807) is 0 Å². The number of benzene rings is 2. The third-order valence-electron chi connectivity index (χ3n) is 6.00. The van der Waals surface area contributed by atoms with Gasteiger partial charge in [0.1, 0.15) is 13.1 Å². The normalized spacial score (nSPS) is 13.2. The highest BCUT2D eigenvalue weighted by atomic mass is 15.2. The van der Waals surface area contributed by atoms with Crippen LogP contribution in [0.4, 0.5) is 0 Å². The maximum Gasteiger partial charge on any atom is 0.118 e. The number of hydrogen-bond acceptors (Lipinski definition) is 1. The summed E-state index contributed by atoms with van der Waals surface area (Å²) in [7, 11) is 0. The summed E-state index contributed by atoms with van der Waals surface area (Å²) in [5, 5.41) is 9.50. The molecule has 0 amide bonds. The summed E-state index contributed by atoms with van der Waals surface area (Å²) < 4.78 is 2.36. The molecule has 0 aliphatic heterocycles. The van der Waals surface area contributed by atoms with E-state index < -0.39 is 0 Å². The molecule has 2 aromatic carbocycles. The monoisotopic (exact) mass is 386 g/mol. The van der Waals surface area contributed by atoms with E-state index >= 15 is 0 Å². The molecule has 0 aliphatic rings. The lowest BCUT2D eigenvalue weighted by Crippen LogP contribution is -3.13. The van der Waals surface area contributed by atoms with Crippen LogP contribution >= 0.6 is 0 Å². The lowest BCUT2D eigenvalue weighted by Gasteiger charge is -2.29. The second-order valence-corrected chi connectivity index (χ2v) is 8.43. The van der Waals surface area contributed by atoms with Gasteiger partial charge in [-0.15, -0.1) is 0 Å². The smallest absolute Gasteiger partial charge is 0.118 e. The molecular weight excluding hydrogens is 354 g/mol. The van der Waals surface area contributed by atoms with Gasteiger partial charge in [0, 0.05) is 24.2 Å². The summed E-state index contributed by atoms with van der Waals surface area (Å²) >= 11 is 0. The van der Waals surface area contributed by atoms with Gasteiger partial charge in [-0.2, -0.15) is 5.26 Å². The predicted octanol–water partition coefficient (Wildman–Crippen LogP) is 4.35. The number of hydrogen-bond donors (Lipinski definition) is 1. The third kappa shape index (κ3) is 5.37. The first kappa shape index (κ1) is 20.9. The molecule has 1 unspecified atom stereocenters. The molecule has 1 N–H and O–H groups in total. The molecule has 0 saturated carbocycles. The van der Waals surface area contributed by atoms with Gasteiger partial charge >= 0.3 is 0 Å². The van der Waals surface area contributed by atoms with Gasteiger partial charge in [-0.05, 0) is 37.6 Å². The highest BCUT2D eigenvalue weighted by Gasteiger charge is 2.23. The van der Waals surface area contributed by atoms with Crippen molar-refractivity contribution in [1.82, 2.24) is 4.57 Å². The summed E-state index contributed by atoms with van der Waals surface area (Å²) in [6.45, 7) is 11.7. The number of aryl methyl sites for hydroxylation is 1. The molecule has 3 heteroatoms. The first-order valence-corrected chi connectivity index (χ1v) is 10.5. The molecule has 1 heterocycles. The Hall–Kier alpha value is -2.83. The van der Waals surface area contributed by atoms with Crippen molar-refractivity contribution < 1.29 is 4.90 Å². The van der Waals surface area contributed by atoms with Crippen LogP contribution in [-0.4, -0.2) is 10.6 Å². The molecule has 0 bridgehead atoms. The Balaban J connectivity index is 1.82. The lowest BCUT2D eigenvalue weighted by atomic mass is 10.0. The molecule has 1 aromatic heterocycles. The number of nitrogens with one attached hydrogen (secondary N) is 1. The van der Waals surface area contributed by atoms with Crippen molar-refractivity contribution in [2.45, 2.75) is 53.4 Å². The molecule has 3 nitrogen and oxygen atoms in total. The van der Waals surface area contributed by atoms with Crippen molar-refractivity contribution in [3.8, 4) is 6.07 Å².